The highest BCUT2D eigenvalue weighted by Crippen LogP contribution is 2.34. The van der Waals surface area contributed by atoms with E-state index in [1.807, 2.05) is 4.68 Å². The van der Waals surface area contributed by atoms with Crippen molar-refractivity contribution in [3.05, 3.63) is 11.4 Å². The van der Waals surface area contributed by atoms with Gasteiger partial charge in [-0.1, -0.05) is 27.7 Å². The molecule has 15 heavy (non-hydrogen) atoms. The Bertz CT molecular complexity index is 329. The number of aryl methyl sites for hydroxylation is 1. The van der Waals surface area contributed by atoms with Crippen LogP contribution in [0.2, 0.25) is 0 Å². The number of hydrogen-bond acceptors (Lipinski definition) is 2. The van der Waals surface area contributed by atoms with Gasteiger partial charge >= 0.3 is 0 Å². The summed E-state index contributed by atoms with van der Waals surface area (Å²) in [4.78, 5) is 0. The van der Waals surface area contributed by atoms with Gasteiger partial charge in [-0.2, -0.15) is 5.10 Å². The van der Waals surface area contributed by atoms with Crippen LogP contribution in [0.15, 0.2) is 0 Å². The molecule has 3 nitrogen and oxygen atoms in total. The van der Waals surface area contributed by atoms with Crippen molar-refractivity contribution in [3.8, 4) is 5.75 Å². The van der Waals surface area contributed by atoms with Gasteiger partial charge in [0.25, 0.3) is 0 Å². The maximum absolute atomic E-state index is 10.1. The number of aromatic hydroxyl groups is 1. The van der Waals surface area contributed by atoms with Crippen molar-refractivity contribution in [2.24, 2.45) is 0 Å². The zero-order valence-corrected chi connectivity index (χ0v) is 10.4. The summed E-state index contributed by atoms with van der Waals surface area (Å²) in [5.74, 6) is 1.05. The molecule has 0 aliphatic carbocycles. The minimum absolute atomic E-state index is 0.315. The second kappa shape index (κ2) is 4.69. The SMILES string of the molecule is CCC(C)c1nn(CC)c(C(C)C)c1O. The number of rotatable bonds is 4. The van der Waals surface area contributed by atoms with Crippen LogP contribution in [-0.4, -0.2) is 14.9 Å². The third kappa shape index (κ3) is 2.16. The van der Waals surface area contributed by atoms with Crippen molar-refractivity contribution in [2.45, 2.75) is 59.4 Å². The smallest absolute Gasteiger partial charge is 0.160 e. The highest BCUT2D eigenvalue weighted by molar-refractivity contribution is 5.36. The van der Waals surface area contributed by atoms with Crippen LogP contribution < -0.4 is 0 Å². The Balaban J connectivity index is 3.21. The first-order valence-electron chi connectivity index (χ1n) is 5.82. The Kier molecular flexibility index (Phi) is 3.77. The molecule has 0 bridgehead atoms. The van der Waals surface area contributed by atoms with Gasteiger partial charge in [-0.05, 0) is 19.3 Å². The Labute approximate surface area is 92.1 Å². The van der Waals surface area contributed by atoms with E-state index in [0.29, 0.717) is 17.6 Å². The molecule has 1 atom stereocenters. The van der Waals surface area contributed by atoms with Gasteiger partial charge < -0.3 is 5.11 Å². The summed E-state index contributed by atoms with van der Waals surface area (Å²) in [5, 5.41) is 14.6. The summed E-state index contributed by atoms with van der Waals surface area (Å²) in [7, 11) is 0. The molecule has 0 aliphatic heterocycles. The van der Waals surface area contributed by atoms with Crippen LogP contribution in [0, 0.1) is 0 Å². The van der Waals surface area contributed by atoms with Gasteiger partial charge in [0.05, 0.1) is 5.69 Å². The minimum atomic E-state index is 0.315. The normalized spacial score (nSPS) is 13.5. The lowest BCUT2D eigenvalue weighted by Gasteiger charge is -2.07. The van der Waals surface area contributed by atoms with E-state index in [4.69, 9.17) is 0 Å². The average Bonchev–Trinajstić information content (AvgIpc) is 2.54. The first-order chi connectivity index (χ1) is 7.02. The van der Waals surface area contributed by atoms with E-state index in [1.165, 1.54) is 0 Å². The summed E-state index contributed by atoms with van der Waals surface area (Å²) in [5.41, 5.74) is 1.82. The highest BCUT2D eigenvalue weighted by Gasteiger charge is 2.21. The molecule has 86 valence electrons. The van der Waals surface area contributed by atoms with Crippen LogP contribution in [-0.2, 0) is 6.54 Å². The van der Waals surface area contributed by atoms with E-state index in [0.717, 1.165) is 24.4 Å². The first-order valence-corrected chi connectivity index (χ1v) is 5.82. The Morgan fingerprint density at radius 1 is 1.27 bits per heavy atom. The summed E-state index contributed by atoms with van der Waals surface area (Å²) in [6.07, 6.45) is 1.01. The predicted molar refractivity (Wildman–Crippen MR) is 62.4 cm³/mol. The van der Waals surface area contributed by atoms with Crippen LogP contribution in [0.25, 0.3) is 0 Å². The lowest BCUT2D eigenvalue weighted by molar-refractivity contribution is 0.449. The van der Waals surface area contributed by atoms with Gasteiger partial charge in [0.15, 0.2) is 5.75 Å². The molecular formula is C12H22N2O. The van der Waals surface area contributed by atoms with Gasteiger partial charge in [0, 0.05) is 12.5 Å². The topological polar surface area (TPSA) is 38.0 Å². The molecule has 0 saturated heterocycles. The van der Waals surface area contributed by atoms with Gasteiger partial charge in [-0.3, -0.25) is 4.68 Å². The minimum Gasteiger partial charge on any atom is -0.504 e. The predicted octanol–water partition coefficient (Wildman–Crippen LogP) is 3.25. The van der Waals surface area contributed by atoms with Crippen LogP contribution in [0.5, 0.6) is 5.75 Å². The van der Waals surface area contributed by atoms with Crippen LogP contribution >= 0.6 is 0 Å². The quantitative estimate of drug-likeness (QED) is 0.828. The van der Waals surface area contributed by atoms with E-state index >= 15 is 0 Å². The molecular weight excluding hydrogens is 188 g/mol. The molecule has 0 aliphatic rings. The third-order valence-electron chi connectivity index (χ3n) is 2.92. The van der Waals surface area contributed by atoms with E-state index in [9.17, 15) is 5.11 Å². The van der Waals surface area contributed by atoms with Crippen molar-refractivity contribution < 1.29 is 5.11 Å². The molecule has 1 N–H and O–H groups in total. The average molecular weight is 210 g/mol. The molecule has 0 amide bonds. The molecule has 0 radical (unpaired) electrons. The number of hydrogen-bond donors (Lipinski definition) is 1. The fraction of sp³-hybridized carbons (Fsp3) is 0.750. The zero-order valence-electron chi connectivity index (χ0n) is 10.4. The van der Waals surface area contributed by atoms with Gasteiger partial charge in [0.2, 0.25) is 0 Å². The molecule has 0 aromatic carbocycles. The van der Waals surface area contributed by atoms with Crippen molar-refractivity contribution in [3.63, 3.8) is 0 Å². The Hall–Kier alpha value is -0.990. The lowest BCUT2D eigenvalue weighted by Crippen LogP contribution is -2.04. The molecule has 1 aromatic heterocycles. The summed E-state index contributed by atoms with van der Waals surface area (Å²) >= 11 is 0. The van der Waals surface area contributed by atoms with Crippen molar-refractivity contribution >= 4 is 0 Å². The van der Waals surface area contributed by atoms with Crippen LogP contribution in [0.1, 0.15) is 64.3 Å². The molecule has 1 aromatic rings. The summed E-state index contributed by atoms with van der Waals surface area (Å²) < 4.78 is 1.92. The fourth-order valence-corrected chi connectivity index (χ4v) is 1.82. The van der Waals surface area contributed by atoms with E-state index in [2.05, 4.69) is 39.7 Å². The molecule has 0 spiro atoms. The van der Waals surface area contributed by atoms with Crippen molar-refractivity contribution in [2.75, 3.05) is 0 Å². The highest BCUT2D eigenvalue weighted by atomic mass is 16.3. The van der Waals surface area contributed by atoms with E-state index < -0.39 is 0 Å². The monoisotopic (exact) mass is 210 g/mol. The summed E-state index contributed by atoms with van der Waals surface area (Å²) in [6.45, 7) is 11.3. The van der Waals surface area contributed by atoms with E-state index in [-0.39, 0.29) is 0 Å². The fourth-order valence-electron chi connectivity index (χ4n) is 1.82. The standard InChI is InChI=1S/C12H22N2O/c1-6-9(5)10-12(15)11(8(3)4)14(7-2)13-10/h8-9,15H,6-7H2,1-5H3. The number of aromatic nitrogens is 2. The van der Waals surface area contributed by atoms with Crippen LogP contribution in [0.4, 0.5) is 0 Å². The maximum Gasteiger partial charge on any atom is 0.160 e. The molecule has 3 heteroatoms. The maximum atomic E-state index is 10.1. The van der Waals surface area contributed by atoms with Gasteiger partial charge in [0.1, 0.15) is 5.69 Å². The lowest BCUT2D eigenvalue weighted by atomic mass is 10.0. The van der Waals surface area contributed by atoms with Gasteiger partial charge in [-0.15, -0.1) is 0 Å². The van der Waals surface area contributed by atoms with Crippen molar-refractivity contribution in [1.29, 1.82) is 0 Å². The second-order valence-corrected chi connectivity index (χ2v) is 4.40. The molecule has 1 unspecified atom stereocenters. The first kappa shape index (κ1) is 12.1. The molecule has 1 rings (SSSR count). The zero-order chi connectivity index (χ0) is 11.6. The third-order valence-corrected chi connectivity index (χ3v) is 2.92. The summed E-state index contributed by atoms with van der Waals surface area (Å²) in [6, 6.07) is 0. The molecule has 0 saturated carbocycles. The molecule has 1 heterocycles. The Morgan fingerprint density at radius 2 is 1.87 bits per heavy atom. The van der Waals surface area contributed by atoms with Gasteiger partial charge in [-0.25, -0.2) is 0 Å². The second-order valence-electron chi connectivity index (χ2n) is 4.40. The van der Waals surface area contributed by atoms with E-state index in [1.54, 1.807) is 0 Å². The van der Waals surface area contributed by atoms with Crippen LogP contribution in [0.3, 0.4) is 0 Å². The molecule has 0 fully saturated rings. The van der Waals surface area contributed by atoms with Crippen molar-refractivity contribution in [1.82, 2.24) is 9.78 Å². The Morgan fingerprint density at radius 3 is 2.20 bits per heavy atom. The number of nitrogens with zero attached hydrogens (tertiary/aromatic N) is 2. The largest absolute Gasteiger partial charge is 0.504 e.